The first-order valence-electron chi connectivity index (χ1n) is 11.2. The van der Waals surface area contributed by atoms with Gasteiger partial charge in [0, 0.05) is 35.3 Å². The number of nitrogens with two attached hydrogens (primary N) is 1. The number of aryl methyl sites for hydroxylation is 1. The quantitative estimate of drug-likeness (QED) is 0.411. The molecule has 4 aromatic rings. The van der Waals surface area contributed by atoms with Crippen LogP contribution in [0.3, 0.4) is 0 Å². The highest BCUT2D eigenvalue weighted by Crippen LogP contribution is 2.34. The van der Waals surface area contributed by atoms with Gasteiger partial charge in [-0.2, -0.15) is 5.10 Å². The van der Waals surface area contributed by atoms with Crippen LogP contribution in [-0.2, 0) is 4.79 Å². The number of hydrogen-bond donors (Lipinski definition) is 2. The van der Waals surface area contributed by atoms with E-state index in [1.807, 2.05) is 23.7 Å². The number of carbonyl (C=O) groups excluding carboxylic acids is 2. The summed E-state index contributed by atoms with van der Waals surface area (Å²) in [4.78, 5) is 40.2. The Balaban J connectivity index is 1.43. The highest BCUT2D eigenvalue weighted by Gasteiger charge is 2.27. The van der Waals surface area contributed by atoms with E-state index in [1.54, 1.807) is 23.2 Å². The number of anilines is 2. The van der Waals surface area contributed by atoms with Crippen molar-refractivity contribution in [3.8, 4) is 11.3 Å². The number of carbonyl (C=O) groups is 2. The first-order chi connectivity index (χ1) is 16.9. The summed E-state index contributed by atoms with van der Waals surface area (Å²) < 4.78 is 1.89. The zero-order valence-electron chi connectivity index (χ0n) is 19.1. The standard InChI is InChI=1S/C24H24N8O2S/c1-3-18(33)31-10-8-17(9-11-31)32-22-19(21(25)27-13-28-22)20(30-32)15-4-6-16(7-5-15)23(34)29-24-26-12-14(2)35-24/h3-7,12-13,17H,1,8-11H2,2H3,(H2,25,27,28)(H,26,29,34). The summed E-state index contributed by atoms with van der Waals surface area (Å²) in [5.74, 6) is 0.0524. The van der Waals surface area contributed by atoms with E-state index in [1.165, 1.54) is 23.7 Å². The first kappa shape index (κ1) is 22.7. The normalized spacial score (nSPS) is 14.3. The third-order valence-corrected chi connectivity index (χ3v) is 6.91. The number of likely N-dealkylation sites (tertiary alicyclic amines) is 1. The van der Waals surface area contributed by atoms with Gasteiger partial charge in [-0.25, -0.2) is 19.6 Å². The number of nitrogens with zero attached hydrogens (tertiary/aromatic N) is 6. The molecule has 3 N–H and O–H groups in total. The Morgan fingerprint density at radius 1 is 1.17 bits per heavy atom. The highest BCUT2D eigenvalue weighted by molar-refractivity contribution is 7.15. The van der Waals surface area contributed by atoms with Crippen molar-refractivity contribution in [2.75, 3.05) is 24.1 Å². The number of thiazole rings is 1. The Labute approximate surface area is 205 Å². The molecule has 0 bridgehead atoms. The zero-order valence-corrected chi connectivity index (χ0v) is 20.0. The largest absolute Gasteiger partial charge is 0.383 e. The molecule has 0 unspecified atom stereocenters. The molecule has 0 atom stereocenters. The van der Waals surface area contributed by atoms with Crippen molar-refractivity contribution in [2.45, 2.75) is 25.8 Å². The van der Waals surface area contributed by atoms with Crippen LogP contribution in [0.15, 0.2) is 49.4 Å². The Kier molecular flexibility index (Phi) is 6.00. The highest BCUT2D eigenvalue weighted by atomic mass is 32.1. The van der Waals surface area contributed by atoms with Crippen LogP contribution in [0.4, 0.5) is 10.9 Å². The maximum atomic E-state index is 12.6. The minimum Gasteiger partial charge on any atom is -0.383 e. The molecule has 0 aliphatic carbocycles. The van der Waals surface area contributed by atoms with Gasteiger partial charge in [0.2, 0.25) is 5.91 Å². The number of nitrogen functional groups attached to an aromatic ring is 1. The Morgan fingerprint density at radius 2 is 1.91 bits per heavy atom. The van der Waals surface area contributed by atoms with Gasteiger partial charge in [0.1, 0.15) is 17.8 Å². The van der Waals surface area contributed by atoms with Crippen molar-refractivity contribution >= 4 is 45.1 Å². The van der Waals surface area contributed by atoms with Crippen LogP contribution >= 0.6 is 11.3 Å². The molecule has 35 heavy (non-hydrogen) atoms. The SMILES string of the molecule is C=CC(=O)N1CCC(n2nc(-c3ccc(C(=O)Nc4ncc(C)s4)cc3)c3c(N)ncnc32)CC1. The average molecular weight is 489 g/mol. The van der Waals surface area contributed by atoms with Crippen LogP contribution in [0.2, 0.25) is 0 Å². The van der Waals surface area contributed by atoms with E-state index >= 15 is 0 Å². The van der Waals surface area contributed by atoms with Gasteiger partial charge in [0.15, 0.2) is 10.8 Å². The van der Waals surface area contributed by atoms with Gasteiger partial charge in [-0.15, -0.1) is 11.3 Å². The van der Waals surface area contributed by atoms with Crippen molar-refractivity contribution in [1.82, 2.24) is 29.6 Å². The van der Waals surface area contributed by atoms with Gasteiger partial charge in [0.25, 0.3) is 5.91 Å². The van der Waals surface area contributed by atoms with Crippen molar-refractivity contribution in [3.05, 3.63) is 59.9 Å². The fraction of sp³-hybridized carbons (Fsp3) is 0.250. The van der Waals surface area contributed by atoms with Gasteiger partial charge in [-0.1, -0.05) is 18.7 Å². The molecule has 5 rings (SSSR count). The van der Waals surface area contributed by atoms with E-state index in [0.717, 1.165) is 23.3 Å². The summed E-state index contributed by atoms with van der Waals surface area (Å²) in [5.41, 5.74) is 8.87. The molecule has 0 spiro atoms. The molecule has 3 aromatic heterocycles. The minimum absolute atomic E-state index is 0.0600. The summed E-state index contributed by atoms with van der Waals surface area (Å²) in [5, 5.41) is 8.93. The molecule has 10 nitrogen and oxygen atoms in total. The van der Waals surface area contributed by atoms with E-state index in [9.17, 15) is 9.59 Å². The number of aromatic nitrogens is 5. The molecular formula is C24H24N8O2S. The van der Waals surface area contributed by atoms with Crippen LogP contribution in [0.25, 0.3) is 22.3 Å². The monoisotopic (exact) mass is 488 g/mol. The first-order valence-corrected chi connectivity index (χ1v) is 12.0. The molecular weight excluding hydrogens is 464 g/mol. The lowest BCUT2D eigenvalue weighted by Gasteiger charge is -2.31. The summed E-state index contributed by atoms with van der Waals surface area (Å²) in [7, 11) is 0. The van der Waals surface area contributed by atoms with E-state index in [-0.39, 0.29) is 17.9 Å². The van der Waals surface area contributed by atoms with Gasteiger partial charge in [0.05, 0.1) is 11.4 Å². The lowest BCUT2D eigenvalue weighted by molar-refractivity contribution is -0.127. The van der Waals surface area contributed by atoms with E-state index in [0.29, 0.717) is 46.3 Å². The second-order valence-electron chi connectivity index (χ2n) is 8.32. The Morgan fingerprint density at radius 3 is 2.57 bits per heavy atom. The molecule has 1 fully saturated rings. The predicted octanol–water partition coefficient (Wildman–Crippen LogP) is 3.44. The van der Waals surface area contributed by atoms with Crippen LogP contribution in [-0.4, -0.2) is 54.5 Å². The summed E-state index contributed by atoms with van der Waals surface area (Å²) in [6.07, 6.45) is 5.99. The lowest BCUT2D eigenvalue weighted by Crippen LogP contribution is -2.38. The second kappa shape index (κ2) is 9.26. The molecule has 1 aromatic carbocycles. The minimum atomic E-state index is -0.232. The van der Waals surface area contributed by atoms with E-state index in [2.05, 4.69) is 26.8 Å². The maximum absolute atomic E-state index is 12.6. The summed E-state index contributed by atoms with van der Waals surface area (Å²) >= 11 is 1.42. The van der Waals surface area contributed by atoms with E-state index in [4.69, 9.17) is 10.8 Å². The summed E-state index contributed by atoms with van der Waals surface area (Å²) in [6, 6.07) is 7.24. The van der Waals surface area contributed by atoms with Gasteiger partial charge >= 0.3 is 0 Å². The molecule has 2 amide bonds. The Hall–Kier alpha value is -4.12. The predicted molar refractivity (Wildman–Crippen MR) is 135 cm³/mol. The van der Waals surface area contributed by atoms with E-state index < -0.39 is 0 Å². The topological polar surface area (TPSA) is 132 Å². The number of hydrogen-bond acceptors (Lipinski definition) is 8. The van der Waals surface area contributed by atoms with Gasteiger partial charge in [-0.3, -0.25) is 14.9 Å². The average Bonchev–Trinajstić information content (AvgIpc) is 3.48. The van der Waals surface area contributed by atoms with Crippen molar-refractivity contribution < 1.29 is 9.59 Å². The fourth-order valence-corrected chi connectivity index (χ4v) is 4.93. The van der Waals surface area contributed by atoms with Gasteiger partial charge < -0.3 is 10.6 Å². The Bertz CT molecular complexity index is 1420. The number of amides is 2. The number of nitrogens with one attached hydrogen (secondary N) is 1. The molecule has 0 saturated carbocycles. The van der Waals surface area contributed by atoms with Gasteiger partial charge in [-0.05, 0) is 38.0 Å². The number of fused-ring (bicyclic) bond motifs is 1. The van der Waals surface area contributed by atoms with Crippen LogP contribution in [0, 0.1) is 6.92 Å². The lowest BCUT2D eigenvalue weighted by atomic mass is 10.0. The van der Waals surface area contributed by atoms with Crippen molar-refractivity contribution in [3.63, 3.8) is 0 Å². The molecule has 11 heteroatoms. The third kappa shape index (κ3) is 4.37. The number of rotatable bonds is 5. The van der Waals surface area contributed by atoms with Crippen molar-refractivity contribution in [1.29, 1.82) is 0 Å². The molecule has 0 radical (unpaired) electrons. The summed E-state index contributed by atoms with van der Waals surface area (Å²) in [6.45, 7) is 6.75. The molecule has 4 heterocycles. The number of benzene rings is 1. The zero-order chi connectivity index (χ0) is 24.5. The molecule has 1 aliphatic rings. The van der Waals surface area contributed by atoms with Crippen LogP contribution in [0.1, 0.15) is 34.1 Å². The van der Waals surface area contributed by atoms with Crippen LogP contribution < -0.4 is 11.1 Å². The van der Waals surface area contributed by atoms with Crippen LogP contribution in [0.5, 0.6) is 0 Å². The number of piperidine rings is 1. The molecule has 178 valence electrons. The second-order valence-corrected chi connectivity index (χ2v) is 9.55. The smallest absolute Gasteiger partial charge is 0.257 e. The molecule has 1 saturated heterocycles. The van der Waals surface area contributed by atoms with Crippen molar-refractivity contribution in [2.24, 2.45) is 0 Å². The maximum Gasteiger partial charge on any atom is 0.257 e. The third-order valence-electron chi connectivity index (χ3n) is 6.08. The fourth-order valence-electron chi connectivity index (χ4n) is 4.27. The molecule has 1 aliphatic heterocycles.